The first-order valence-electron chi connectivity index (χ1n) is 9.14. The van der Waals surface area contributed by atoms with Crippen LogP contribution in [0.3, 0.4) is 0 Å². The third-order valence-electron chi connectivity index (χ3n) is 4.66. The quantitative estimate of drug-likeness (QED) is 0.505. The standard InChI is InChI=1S/C19H20FN5O3S2/c1-13-17(11-21)19(23-14(2)22-13)29-12-18(26)24-7-9-25(10-8-24)30(27,28)16-5-3-15(20)4-6-16/h3-6H,7-10,12H2,1-2H3. The summed E-state index contributed by atoms with van der Waals surface area (Å²) in [5.41, 5.74) is 0.924. The zero-order valence-corrected chi connectivity index (χ0v) is 18.1. The number of aromatic nitrogens is 2. The molecule has 0 N–H and O–H groups in total. The molecule has 158 valence electrons. The Morgan fingerprint density at radius 1 is 1.17 bits per heavy atom. The van der Waals surface area contributed by atoms with Gasteiger partial charge in [0.25, 0.3) is 0 Å². The number of carbonyl (C=O) groups is 1. The van der Waals surface area contributed by atoms with Crippen LogP contribution in [0.25, 0.3) is 0 Å². The molecule has 1 aromatic carbocycles. The van der Waals surface area contributed by atoms with Gasteiger partial charge in [-0.3, -0.25) is 4.79 Å². The van der Waals surface area contributed by atoms with Crippen molar-refractivity contribution in [3.8, 4) is 6.07 Å². The normalized spacial score (nSPS) is 15.1. The van der Waals surface area contributed by atoms with Crippen LogP contribution in [0.15, 0.2) is 34.2 Å². The first-order valence-corrected chi connectivity index (χ1v) is 11.6. The van der Waals surface area contributed by atoms with Gasteiger partial charge in [0.05, 0.1) is 16.3 Å². The molecule has 2 heterocycles. The highest BCUT2D eigenvalue weighted by molar-refractivity contribution is 8.00. The second kappa shape index (κ2) is 9.07. The highest BCUT2D eigenvalue weighted by Crippen LogP contribution is 2.23. The third kappa shape index (κ3) is 4.77. The van der Waals surface area contributed by atoms with Gasteiger partial charge in [-0.05, 0) is 38.1 Å². The fourth-order valence-electron chi connectivity index (χ4n) is 3.07. The van der Waals surface area contributed by atoms with Crippen molar-refractivity contribution >= 4 is 27.7 Å². The highest BCUT2D eigenvalue weighted by Gasteiger charge is 2.30. The molecule has 8 nitrogen and oxygen atoms in total. The molecule has 30 heavy (non-hydrogen) atoms. The molecular formula is C19H20FN5O3S2. The summed E-state index contributed by atoms with van der Waals surface area (Å²) in [6, 6.07) is 6.75. The number of nitriles is 1. The molecule has 0 spiro atoms. The molecule has 1 amide bonds. The monoisotopic (exact) mass is 449 g/mol. The number of hydrogen-bond donors (Lipinski definition) is 0. The van der Waals surface area contributed by atoms with E-state index in [9.17, 15) is 22.9 Å². The molecule has 2 aromatic rings. The van der Waals surface area contributed by atoms with E-state index in [4.69, 9.17) is 0 Å². The smallest absolute Gasteiger partial charge is 0.243 e. The molecule has 1 aliphatic rings. The Balaban J connectivity index is 1.60. The van der Waals surface area contributed by atoms with Crippen molar-refractivity contribution < 1.29 is 17.6 Å². The summed E-state index contributed by atoms with van der Waals surface area (Å²) in [5.74, 6) is -0.0388. The third-order valence-corrected chi connectivity index (χ3v) is 7.53. The number of piperazine rings is 1. The average molecular weight is 450 g/mol. The number of hydrogen-bond acceptors (Lipinski definition) is 7. The molecule has 1 aromatic heterocycles. The lowest BCUT2D eigenvalue weighted by molar-refractivity contribution is -0.129. The van der Waals surface area contributed by atoms with Gasteiger partial charge in [0.1, 0.15) is 28.3 Å². The van der Waals surface area contributed by atoms with Crippen LogP contribution in [0.2, 0.25) is 0 Å². The minimum atomic E-state index is -3.73. The molecule has 1 fully saturated rings. The van der Waals surface area contributed by atoms with Crippen molar-refractivity contribution in [2.24, 2.45) is 0 Å². The lowest BCUT2D eigenvalue weighted by Crippen LogP contribution is -2.50. The first kappa shape index (κ1) is 22.1. The van der Waals surface area contributed by atoms with Gasteiger partial charge in [-0.15, -0.1) is 0 Å². The molecule has 0 saturated carbocycles. The van der Waals surface area contributed by atoms with Crippen LogP contribution in [-0.4, -0.2) is 65.4 Å². The largest absolute Gasteiger partial charge is 0.339 e. The van der Waals surface area contributed by atoms with E-state index in [2.05, 4.69) is 16.0 Å². The lowest BCUT2D eigenvalue weighted by Gasteiger charge is -2.34. The van der Waals surface area contributed by atoms with Crippen molar-refractivity contribution in [3.05, 3.63) is 47.2 Å². The molecule has 11 heteroatoms. The van der Waals surface area contributed by atoms with Crippen molar-refractivity contribution in [2.75, 3.05) is 31.9 Å². The maximum atomic E-state index is 13.1. The summed E-state index contributed by atoms with van der Waals surface area (Å²) in [6.45, 7) is 4.27. The predicted molar refractivity (Wildman–Crippen MR) is 109 cm³/mol. The van der Waals surface area contributed by atoms with E-state index in [0.29, 0.717) is 22.1 Å². The molecule has 1 saturated heterocycles. The van der Waals surface area contributed by atoms with Crippen LogP contribution in [-0.2, 0) is 14.8 Å². The maximum Gasteiger partial charge on any atom is 0.243 e. The molecule has 0 atom stereocenters. The van der Waals surface area contributed by atoms with Gasteiger partial charge in [-0.1, -0.05) is 11.8 Å². The van der Waals surface area contributed by atoms with Crippen LogP contribution in [0, 0.1) is 31.0 Å². The number of carbonyl (C=O) groups excluding carboxylic acids is 1. The zero-order valence-electron chi connectivity index (χ0n) is 16.5. The van der Waals surface area contributed by atoms with E-state index in [1.165, 1.54) is 28.2 Å². The Hall–Kier alpha value is -2.55. The van der Waals surface area contributed by atoms with Gasteiger partial charge < -0.3 is 4.90 Å². The second-order valence-corrected chi connectivity index (χ2v) is 9.58. The minimum absolute atomic E-state index is 0.0257. The summed E-state index contributed by atoms with van der Waals surface area (Å²) in [5, 5.41) is 9.76. The second-order valence-electron chi connectivity index (χ2n) is 6.68. The van der Waals surface area contributed by atoms with Gasteiger partial charge >= 0.3 is 0 Å². The van der Waals surface area contributed by atoms with Gasteiger partial charge in [-0.25, -0.2) is 22.8 Å². The number of amides is 1. The topological polar surface area (TPSA) is 107 Å². The molecule has 0 radical (unpaired) electrons. The molecule has 3 rings (SSSR count). The summed E-state index contributed by atoms with van der Waals surface area (Å²) in [4.78, 5) is 22.6. The molecule has 0 unspecified atom stereocenters. The van der Waals surface area contributed by atoms with E-state index in [1.54, 1.807) is 18.7 Å². The Kier molecular flexibility index (Phi) is 6.70. The number of benzene rings is 1. The van der Waals surface area contributed by atoms with Crippen LogP contribution >= 0.6 is 11.8 Å². The van der Waals surface area contributed by atoms with Crippen LogP contribution in [0.1, 0.15) is 17.1 Å². The summed E-state index contributed by atoms with van der Waals surface area (Å²) < 4.78 is 39.7. The molecule has 0 aliphatic carbocycles. The Morgan fingerprint density at radius 3 is 2.40 bits per heavy atom. The number of thioether (sulfide) groups is 1. The van der Waals surface area contributed by atoms with E-state index in [0.717, 1.165) is 12.1 Å². The zero-order chi connectivity index (χ0) is 21.9. The number of rotatable bonds is 5. The maximum absolute atomic E-state index is 13.1. The van der Waals surface area contributed by atoms with E-state index >= 15 is 0 Å². The average Bonchev–Trinajstić information content (AvgIpc) is 2.72. The number of nitrogens with zero attached hydrogens (tertiary/aromatic N) is 5. The van der Waals surface area contributed by atoms with Crippen molar-refractivity contribution in [3.63, 3.8) is 0 Å². The molecule has 0 bridgehead atoms. The highest BCUT2D eigenvalue weighted by atomic mass is 32.2. The van der Waals surface area contributed by atoms with Crippen LogP contribution in [0.5, 0.6) is 0 Å². The Labute approximate surface area is 178 Å². The fraction of sp³-hybridized carbons (Fsp3) is 0.368. The van der Waals surface area contributed by atoms with E-state index in [-0.39, 0.29) is 42.7 Å². The minimum Gasteiger partial charge on any atom is -0.339 e. The van der Waals surface area contributed by atoms with Crippen molar-refractivity contribution in [1.82, 2.24) is 19.2 Å². The van der Waals surface area contributed by atoms with E-state index in [1.807, 2.05) is 0 Å². The number of sulfonamides is 1. The van der Waals surface area contributed by atoms with Crippen molar-refractivity contribution in [2.45, 2.75) is 23.8 Å². The lowest BCUT2D eigenvalue weighted by atomic mass is 10.3. The van der Waals surface area contributed by atoms with Gasteiger partial charge in [0.15, 0.2) is 0 Å². The van der Waals surface area contributed by atoms with Crippen LogP contribution in [0.4, 0.5) is 4.39 Å². The number of halogens is 1. The predicted octanol–water partition coefficient (Wildman–Crippen LogP) is 1.73. The summed E-state index contributed by atoms with van der Waals surface area (Å²) in [6.07, 6.45) is 0. The molecular weight excluding hydrogens is 429 g/mol. The molecule has 1 aliphatic heterocycles. The summed E-state index contributed by atoms with van der Waals surface area (Å²) in [7, 11) is -3.73. The number of aryl methyl sites for hydroxylation is 2. The van der Waals surface area contributed by atoms with Crippen molar-refractivity contribution in [1.29, 1.82) is 5.26 Å². The van der Waals surface area contributed by atoms with Gasteiger partial charge in [0.2, 0.25) is 15.9 Å². The van der Waals surface area contributed by atoms with E-state index < -0.39 is 15.8 Å². The van der Waals surface area contributed by atoms with Gasteiger partial charge in [-0.2, -0.15) is 9.57 Å². The van der Waals surface area contributed by atoms with Gasteiger partial charge in [0, 0.05) is 26.2 Å². The Morgan fingerprint density at radius 2 is 1.80 bits per heavy atom. The van der Waals surface area contributed by atoms with Crippen LogP contribution < -0.4 is 0 Å². The first-order chi connectivity index (χ1) is 14.2. The summed E-state index contributed by atoms with van der Waals surface area (Å²) >= 11 is 1.17. The Bertz CT molecular complexity index is 1090. The SMILES string of the molecule is Cc1nc(C)c(C#N)c(SCC(=O)N2CCN(S(=O)(=O)c3ccc(F)cc3)CC2)n1. The fourth-order valence-corrected chi connectivity index (χ4v) is 5.47.